The second-order valence-corrected chi connectivity index (χ2v) is 12.4. The predicted molar refractivity (Wildman–Crippen MR) is 167 cm³/mol. The monoisotopic (exact) mass is 742 g/mol. The van der Waals surface area contributed by atoms with E-state index in [2.05, 4.69) is 0 Å². The third-order valence-corrected chi connectivity index (χ3v) is 8.94. The van der Waals surface area contributed by atoms with Crippen molar-refractivity contribution in [3.8, 4) is 34.3 Å². The summed E-state index contributed by atoms with van der Waals surface area (Å²) in [5.74, 6) is -2.26. The van der Waals surface area contributed by atoms with E-state index in [0.717, 1.165) is 12.1 Å². The zero-order valence-corrected chi connectivity index (χ0v) is 26.8. The van der Waals surface area contributed by atoms with Gasteiger partial charge in [-0.1, -0.05) is 0 Å². The number of benzene rings is 2. The van der Waals surface area contributed by atoms with Crippen molar-refractivity contribution in [1.29, 1.82) is 0 Å². The molecule has 12 N–H and O–H groups in total. The van der Waals surface area contributed by atoms with E-state index < -0.39 is 128 Å². The molecule has 6 rings (SSSR count). The van der Waals surface area contributed by atoms with Gasteiger partial charge in [-0.25, -0.2) is 0 Å². The SMILES string of the molecule is O=c1c(O[C@@H]2OC(CO)[C@@H](O)C(O)C2O[C@@H]2OC[C@@H](O)C(O)[C@H]2O)c(-c2ccc(O)cc2)oc2cc(O[C@@H]3OC(CO)[C@@H](O)[C@H](O)C3O)cc(O)c12. The Morgan fingerprint density at radius 1 is 0.692 bits per heavy atom. The number of rotatable bonds is 9. The van der Waals surface area contributed by atoms with Crippen molar-refractivity contribution in [3.05, 3.63) is 46.6 Å². The Morgan fingerprint density at radius 3 is 1.96 bits per heavy atom. The molecule has 14 atom stereocenters. The molecule has 3 aliphatic heterocycles. The van der Waals surface area contributed by atoms with Gasteiger partial charge in [0.05, 0.1) is 19.8 Å². The van der Waals surface area contributed by atoms with Crippen LogP contribution in [0, 0.1) is 0 Å². The number of ether oxygens (including phenoxy) is 6. The van der Waals surface area contributed by atoms with Crippen LogP contribution >= 0.6 is 0 Å². The molecule has 6 unspecified atom stereocenters. The van der Waals surface area contributed by atoms with Crippen LogP contribution in [0.1, 0.15) is 0 Å². The maximum absolute atomic E-state index is 14.2. The zero-order valence-electron chi connectivity index (χ0n) is 26.8. The van der Waals surface area contributed by atoms with Crippen molar-refractivity contribution in [2.75, 3.05) is 19.8 Å². The van der Waals surface area contributed by atoms with E-state index in [1.807, 2.05) is 0 Å². The molecule has 3 aromatic rings. The Balaban J connectivity index is 1.41. The van der Waals surface area contributed by atoms with Crippen LogP contribution in [0.25, 0.3) is 22.3 Å². The summed E-state index contributed by atoms with van der Waals surface area (Å²) in [7, 11) is 0. The van der Waals surface area contributed by atoms with Gasteiger partial charge >= 0.3 is 0 Å². The summed E-state index contributed by atoms with van der Waals surface area (Å²) in [5, 5.41) is 123. The quantitative estimate of drug-likeness (QED) is 0.0986. The first-order valence-electron chi connectivity index (χ1n) is 15.9. The minimum absolute atomic E-state index is 0.0993. The molecule has 0 aliphatic carbocycles. The third kappa shape index (κ3) is 7.14. The lowest BCUT2D eigenvalue weighted by molar-refractivity contribution is -0.345. The van der Waals surface area contributed by atoms with Gasteiger partial charge in [-0.2, -0.15) is 0 Å². The topological polar surface area (TPSA) is 328 Å². The number of hydrogen-bond acceptors (Lipinski definition) is 20. The fourth-order valence-electron chi connectivity index (χ4n) is 6.00. The van der Waals surface area contributed by atoms with Crippen molar-refractivity contribution in [1.82, 2.24) is 0 Å². The van der Waals surface area contributed by atoms with Gasteiger partial charge < -0.3 is 94.1 Å². The lowest BCUT2D eigenvalue weighted by atomic mass is 9.98. The Bertz CT molecular complexity index is 1750. The predicted octanol–water partition coefficient (Wildman–Crippen LogP) is -4.31. The van der Waals surface area contributed by atoms with E-state index in [-0.39, 0.29) is 28.4 Å². The minimum Gasteiger partial charge on any atom is -0.508 e. The largest absolute Gasteiger partial charge is 0.508 e. The van der Waals surface area contributed by atoms with E-state index in [1.165, 1.54) is 24.3 Å². The summed E-state index contributed by atoms with van der Waals surface area (Å²) in [5.41, 5.74) is -1.30. The molecule has 3 aliphatic rings. The number of phenolic OH excluding ortho intramolecular Hbond substituents is 2. The summed E-state index contributed by atoms with van der Waals surface area (Å²) in [6.45, 7) is -2.10. The third-order valence-electron chi connectivity index (χ3n) is 8.94. The van der Waals surface area contributed by atoms with Crippen LogP contribution in [-0.2, 0) is 18.9 Å². The Hall–Kier alpha value is -3.71. The lowest BCUT2D eigenvalue weighted by Crippen LogP contribution is -2.64. The van der Waals surface area contributed by atoms with Crippen LogP contribution in [0.2, 0.25) is 0 Å². The second-order valence-electron chi connectivity index (χ2n) is 12.4. The first kappa shape index (κ1) is 38.0. The van der Waals surface area contributed by atoms with Crippen LogP contribution in [0.5, 0.6) is 23.0 Å². The van der Waals surface area contributed by atoms with Crippen molar-refractivity contribution >= 4 is 11.0 Å². The first-order chi connectivity index (χ1) is 24.7. The van der Waals surface area contributed by atoms with E-state index in [0.29, 0.717) is 0 Å². The van der Waals surface area contributed by atoms with E-state index in [9.17, 15) is 66.1 Å². The highest BCUT2D eigenvalue weighted by atomic mass is 16.8. The number of aliphatic hydroxyl groups is 10. The highest BCUT2D eigenvalue weighted by molar-refractivity contribution is 5.88. The van der Waals surface area contributed by atoms with Gasteiger partial charge in [0, 0.05) is 17.7 Å². The molecular formula is C32H38O20. The lowest BCUT2D eigenvalue weighted by Gasteiger charge is -2.44. The van der Waals surface area contributed by atoms with Gasteiger partial charge in [0.25, 0.3) is 0 Å². The summed E-state index contributed by atoms with van der Waals surface area (Å²) < 4.78 is 39.5. The molecule has 3 saturated heterocycles. The number of fused-ring (bicyclic) bond motifs is 1. The van der Waals surface area contributed by atoms with Crippen LogP contribution < -0.4 is 14.9 Å². The van der Waals surface area contributed by atoms with Gasteiger partial charge in [-0.3, -0.25) is 4.79 Å². The van der Waals surface area contributed by atoms with Gasteiger partial charge in [-0.15, -0.1) is 0 Å². The Morgan fingerprint density at radius 2 is 1.31 bits per heavy atom. The average Bonchev–Trinajstić information content (AvgIpc) is 3.12. The second kappa shape index (κ2) is 15.3. The molecule has 0 radical (unpaired) electrons. The molecular weight excluding hydrogens is 704 g/mol. The molecule has 0 spiro atoms. The Kier molecular flexibility index (Phi) is 11.2. The zero-order chi connectivity index (χ0) is 37.6. The highest BCUT2D eigenvalue weighted by Gasteiger charge is 2.50. The molecule has 3 fully saturated rings. The molecule has 4 heterocycles. The number of hydrogen-bond donors (Lipinski definition) is 12. The maximum Gasteiger partial charge on any atom is 0.239 e. The summed E-state index contributed by atoms with van der Waals surface area (Å²) in [4.78, 5) is 14.2. The molecule has 0 amide bonds. The Labute approximate surface area is 292 Å². The van der Waals surface area contributed by atoms with Crippen LogP contribution in [0.4, 0.5) is 0 Å². The molecule has 1 aromatic heterocycles. The summed E-state index contributed by atoms with van der Waals surface area (Å²) in [6, 6.07) is 7.17. The van der Waals surface area contributed by atoms with Crippen molar-refractivity contribution in [2.45, 2.75) is 86.0 Å². The maximum atomic E-state index is 14.2. The number of phenols is 2. The molecule has 286 valence electrons. The molecule has 52 heavy (non-hydrogen) atoms. The van der Waals surface area contributed by atoms with Gasteiger partial charge in [-0.05, 0) is 24.3 Å². The average molecular weight is 743 g/mol. The number of aliphatic hydroxyl groups excluding tert-OH is 10. The fraction of sp³-hybridized carbons (Fsp3) is 0.531. The smallest absolute Gasteiger partial charge is 0.239 e. The van der Waals surface area contributed by atoms with Crippen molar-refractivity contribution in [3.63, 3.8) is 0 Å². The number of aromatic hydroxyl groups is 2. The van der Waals surface area contributed by atoms with E-state index >= 15 is 0 Å². The van der Waals surface area contributed by atoms with Crippen molar-refractivity contribution in [2.24, 2.45) is 0 Å². The highest BCUT2D eigenvalue weighted by Crippen LogP contribution is 2.39. The van der Waals surface area contributed by atoms with Gasteiger partial charge in [0.1, 0.15) is 89.3 Å². The summed E-state index contributed by atoms with van der Waals surface area (Å²) in [6.07, 6.45) is -24.0. The van der Waals surface area contributed by atoms with Crippen molar-refractivity contribution < 1.29 is 94.1 Å². The van der Waals surface area contributed by atoms with Crippen LogP contribution in [-0.4, -0.2) is 167 Å². The first-order valence-corrected chi connectivity index (χ1v) is 15.9. The summed E-state index contributed by atoms with van der Waals surface area (Å²) >= 11 is 0. The van der Waals surface area contributed by atoms with E-state index in [4.69, 9.17) is 32.8 Å². The minimum atomic E-state index is -1.93. The molecule has 20 heteroatoms. The normalized spacial score (nSPS) is 36.8. The standard InChI is InChI=1S/C32H38O20/c33-7-16-20(39)23(42)26(45)31(49-16)47-12-5-13(36)18-15(6-12)48-27(10-1-3-11(35)4-2-10)28(22(18)41)51-32-29(24(43)21(40)17(8-34)50-32)52-30-25(44)19(38)14(37)9-46-30/h1-6,14,16-17,19-21,23-26,29-40,42-45H,7-9H2/t14-,16?,17?,19?,20-,21-,23+,24?,25-,26?,29?,30+,31-,32+/m1/s1. The molecule has 2 aromatic carbocycles. The van der Waals surface area contributed by atoms with Gasteiger partial charge in [0.15, 0.2) is 18.2 Å². The molecule has 0 saturated carbocycles. The fourth-order valence-corrected chi connectivity index (χ4v) is 6.00. The van der Waals surface area contributed by atoms with Gasteiger partial charge in [0.2, 0.25) is 23.8 Å². The molecule has 0 bridgehead atoms. The van der Waals surface area contributed by atoms with E-state index in [1.54, 1.807) is 0 Å². The van der Waals surface area contributed by atoms with Crippen LogP contribution in [0.15, 0.2) is 45.6 Å². The molecule has 20 nitrogen and oxygen atoms in total. The van der Waals surface area contributed by atoms with Crippen LogP contribution in [0.3, 0.4) is 0 Å².